The molecule has 2 rings (SSSR count). The summed E-state index contributed by atoms with van der Waals surface area (Å²) in [7, 11) is 0. The molecule has 4 heteroatoms. The molecule has 1 unspecified atom stereocenters. The fourth-order valence-electron chi connectivity index (χ4n) is 1.87. The Kier molecular flexibility index (Phi) is 3.58. The minimum atomic E-state index is -1.04. The lowest BCUT2D eigenvalue weighted by molar-refractivity contribution is 0.150. The molecular formula is C14H14FNO2. The molecule has 0 saturated carbocycles. The van der Waals surface area contributed by atoms with Crippen LogP contribution in [0.4, 0.5) is 4.39 Å². The Morgan fingerprint density at radius 1 is 1.22 bits per heavy atom. The zero-order chi connectivity index (χ0) is 13.1. The van der Waals surface area contributed by atoms with E-state index >= 15 is 0 Å². The number of halogens is 1. The molecule has 0 amide bonds. The van der Waals surface area contributed by atoms with Crippen molar-refractivity contribution >= 4 is 0 Å². The first kappa shape index (κ1) is 12.5. The molecule has 1 atom stereocenters. The summed E-state index contributed by atoms with van der Waals surface area (Å²) < 4.78 is 14.9. The van der Waals surface area contributed by atoms with Gasteiger partial charge in [-0.05, 0) is 19.1 Å². The van der Waals surface area contributed by atoms with Crippen LogP contribution in [-0.4, -0.2) is 9.67 Å². The van der Waals surface area contributed by atoms with Gasteiger partial charge in [0.1, 0.15) is 5.82 Å². The van der Waals surface area contributed by atoms with Gasteiger partial charge in [-0.2, -0.15) is 0 Å². The monoisotopic (exact) mass is 247 g/mol. The number of aliphatic hydroxyl groups excluding tert-OH is 1. The van der Waals surface area contributed by atoms with Gasteiger partial charge in [-0.3, -0.25) is 4.79 Å². The van der Waals surface area contributed by atoms with Crippen molar-refractivity contribution in [2.24, 2.45) is 0 Å². The second kappa shape index (κ2) is 5.14. The van der Waals surface area contributed by atoms with E-state index < -0.39 is 11.9 Å². The Morgan fingerprint density at radius 3 is 2.61 bits per heavy atom. The van der Waals surface area contributed by atoms with E-state index in [1.165, 1.54) is 22.8 Å². The van der Waals surface area contributed by atoms with Crippen LogP contribution in [0.2, 0.25) is 0 Å². The largest absolute Gasteiger partial charge is 0.386 e. The first-order chi connectivity index (χ1) is 8.59. The van der Waals surface area contributed by atoms with Crippen LogP contribution >= 0.6 is 0 Å². The van der Waals surface area contributed by atoms with E-state index in [0.29, 0.717) is 0 Å². The van der Waals surface area contributed by atoms with E-state index in [-0.39, 0.29) is 17.7 Å². The average Bonchev–Trinajstić information content (AvgIpc) is 2.34. The Bertz CT molecular complexity index is 607. The van der Waals surface area contributed by atoms with Gasteiger partial charge in [0.25, 0.3) is 5.56 Å². The number of benzene rings is 1. The molecule has 0 bridgehead atoms. The van der Waals surface area contributed by atoms with E-state index in [0.717, 1.165) is 5.69 Å². The highest BCUT2D eigenvalue weighted by Crippen LogP contribution is 2.18. The molecule has 1 aromatic heterocycles. The van der Waals surface area contributed by atoms with Crippen LogP contribution in [0.25, 0.3) is 0 Å². The van der Waals surface area contributed by atoms with Crippen molar-refractivity contribution in [2.45, 2.75) is 19.6 Å². The summed E-state index contributed by atoms with van der Waals surface area (Å²) >= 11 is 0. The number of hydrogen-bond donors (Lipinski definition) is 1. The lowest BCUT2D eigenvalue weighted by Gasteiger charge is -2.15. The van der Waals surface area contributed by atoms with Crippen LogP contribution < -0.4 is 5.56 Å². The van der Waals surface area contributed by atoms with Gasteiger partial charge in [0.05, 0.1) is 12.6 Å². The SMILES string of the molecule is Cc1cccc(=O)n1CC(O)c1ccccc1F. The molecule has 0 spiro atoms. The number of rotatable bonds is 3. The molecule has 3 nitrogen and oxygen atoms in total. The Morgan fingerprint density at radius 2 is 1.94 bits per heavy atom. The van der Waals surface area contributed by atoms with Crippen LogP contribution in [0.3, 0.4) is 0 Å². The van der Waals surface area contributed by atoms with Crippen molar-refractivity contribution < 1.29 is 9.50 Å². The number of aryl methyl sites for hydroxylation is 1. The Labute approximate surface area is 104 Å². The summed E-state index contributed by atoms with van der Waals surface area (Å²) in [5.41, 5.74) is 0.732. The van der Waals surface area contributed by atoms with Gasteiger partial charge in [0.2, 0.25) is 0 Å². The molecule has 18 heavy (non-hydrogen) atoms. The zero-order valence-electron chi connectivity index (χ0n) is 10.0. The van der Waals surface area contributed by atoms with E-state index in [9.17, 15) is 14.3 Å². The summed E-state index contributed by atoms with van der Waals surface area (Å²) in [6, 6.07) is 10.9. The van der Waals surface area contributed by atoms with Crippen molar-refractivity contribution in [3.05, 3.63) is 69.9 Å². The first-order valence-corrected chi connectivity index (χ1v) is 5.68. The third kappa shape index (κ3) is 2.49. The number of hydrogen-bond acceptors (Lipinski definition) is 2. The molecule has 0 aliphatic rings. The van der Waals surface area contributed by atoms with Crippen molar-refractivity contribution in [3.8, 4) is 0 Å². The van der Waals surface area contributed by atoms with Gasteiger partial charge < -0.3 is 9.67 Å². The van der Waals surface area contributed by atoms with Crippen molar-refractivity contribution in [1.29, 1.82) is 0 Å². The number of aliphatic hydroxyl groups is 1. The molecule has 0 aliphatic heterocycles. The average molecular weight is 247 g/mol. The third-order valence-electron chi connectivity index (χ3n) is 2.89. The Hall–Kier alpha value is -1.94. The fourth-order valence-corrected chi connectivity index (χ4v) is 1.87. The maximum absolute atomic E-state index is 13.5. The molecule has 1 heterocycles. The summed E-state index contributed by atoms with van der Waals surface area (Å²) in [6.45, 7) is 1.82. The normalized spacial score (nSPS) is 12.4. The van der Waals surface area contributed by atoms with Gasteiger partial charge >= 0.3 is 0 Å². The second-order valence-electron chi connectivity index (χ2n) is 4.15. The molecule has 1 N–H and O–H groups in total. The van der Waals surface area contributed by atoms with E-state index in [2.05, 4.69) is 0 Å². The van der Waals surface area contributed by atoms with Gasteiger partial charge in [0, 0.05) is 17.3 Å². The molecule has 2 aromatic rings. The minimum absolute atomic E-state index is 0.0481. The number of aromatic nitrogens is 1. The quantitative estimate of drug-likeness (QED) is 0.901. The van der Waals surface area contributed by atoms with E-state index in [1.54, 1.807) is 31.2 Å². The van der Waals surface area contributed by atoms with Crippen LogP contribution in [0, 0.1) is 12.7 Å². The molecule has 94 valence electrons. The maximum atomic E-state index is 13.5. The summed E-state index contributed by atoms with van der Waals surface area (Å²) in [5, 5.41) is 10.0. The second-order valence-corrected chi connectivity index (χ2v) is 4.15. The van der Waals surface area contributed by atoms with Gasteiger partial charge in [0.15, 0.2) is 0 Å². The minimum Gasteiger partial charge on any atom is -0.386 e. The van der Waals surface area contributed by atoms with Gasteiger partial charge in [-0.15, -0.1) is 0 Å². The lowest BCUT2D eigenvalue weighted by Crippen LogP contribution is -2.24. The highest BCUT2D eigenvalue weighted by molar-refractivity contribution is 5.20. The first-order valence-electron chi connectivity index (χ1n) is 5.68. The summed E-state index contributed by atoms with van der Waals surface area (Å²) in [4.78, 5) is 11.6. The highest BCUT2D eigenvalue weighted by atomic mass is 19.1. The predicted octanol–water partition coefficient (Wildman–Crippen LogP) is 2.03. The molecule has 0 aliphatic carbocycles. The molecular weight excluding hydrogens is 233 g/mol. The van der Waals surface area contributed by atoms with Crippen LogP contribution in [-0.2, 0) is 6.54 Å². The number of nitrogens with zero attached hydrogens (tertiary/aromatic N) is 1. The van der Waals surface area contributed by atoms with Crippen molar-refractivity contribution in [2.75, 3.05) is 0 Å². The molecule has 1 aromatic carbocycles. The lowest BCUT2D eigenvalue weighted by atomic mass is 10.1. The fraction of sp³-hybridized carbons (Fsp3) is 0.214. The standard InChI is InChI=1S/C14H14FNO2/c1-10-5-4-8-14(18)16(10)9-13(17)11-6-2-3-7-12(11)15/h2-8,13,17H,9H2,1H3. The van der Waals surface area contributed by atoms with Crippen molar-refractivity contribution in [1.82, 2.24) is 4.57 Å². The summed E-state index contributed by atoms with van der Waals surface area (Å²) in [5.74, 6) is -0.466. The van der Waals surface area contributed by atoms with Crippen LogP contribution in [0.5, 0.6) is 0 Å². The summed E-state index contributed by atoms with van der Waals surface area (Å²) in [6.07, 6.45) is -1.04. The molecule has 0 radical (unpaired) electrons. The number of pyridine rings is 1. The van der Waals surface area contributed by atoms with Gasteiger partial charge in [-0.25, -0.2) is 4.39 Å². The maximum Gasteiger partial charge on any atom is 0.250 e. The van der Waals surface area contributed by atoms with Gasteiger partial charge in [-0.1, -0.05) is 24.3 Å². The van der Waals surface area contributed by atoms with E-state index in [4.69, 9.17) is 0 Å². The predicted molar refractivity (Wildman–Crippen MR) is 66.8 cm³/mol. The van der Waals surface area contributed by atoms with Crippen LogP contribution in [0.1, 0.15) is 17.4 Å². The highest BCUT2D eigenvalue weighted by Gasteiger charge is 2.14. The Balaban J connectivity index is 2.30. The topological polar surface area (TPSA) is 42.2 Å². The third-order valence-corrected chi connectivity index (χ3v) is 2.89. The molecule has 0 saturated heterocycles. The van der Waals surface area contributed by atoms with Crippen molar-refractivity contribution in [3.63, 3.8) is 0 Å². The zero-order valence-corrected chi connectivity index (χ0v) is 10.0. The van der Waals surface area contributed by atoms with E-state index in [1.807, 2.05) is 0 Å². The smallest absolute Gasteiger partial charge is 0.250 e. The molecule has 0 fully saturated rings. The van der Waals surface area contributed by atoms with Crippen LogP contribution in [0.15, 0.2) is 47.3 Å².